The Morgan fingerprint density at radius 2 is 2.03 bits per heavy atom. The topological polar surface area (TPSA) is 76.9 Å². The van der Waals surface area contributed by atoms with Crippen LogP contribution in [0.3, 0.4) is 0 Å². The van der Waals surface area contributed by atoms with E-state index in [1.807, 2.05) is 38.1 Å². The molecule has 0 aliphatic rings. The second kappa shape index (κ2) is 9.11. The third-order valence-electron chi connectivity index (χ3n) is 4.30. The summed E-state index contributed by atoms with van der Waals surface area (Å²) in [6, 6.07) is 7.99. The van der Waals surface area contributed by atoms with Crippen LogP contribution in [0.4, 0.5) is 0 Å². The van der Waals surface area contributed by atoms with Crippen LogP contribution >= 0.6 is 11.3 Å². The Labute approximate surface area is 176 Å². The molecule has 1 unspecified atom stereocenters. The van der Waals surface area contributed by atoms with E-state index in [-0.39, 0.29) is 5.91 Å². The summed E-state index contributed by atoms with van der Waals surface area (Å²) in [5.41, 5.74) is 4.03. The third kappa shape index (κ3) is 4.60. The van der Waals surface area contributed by atoms with E-state index in [9.17, 15) is 9.00 Å². The van der Waals surface area contributed by atoms with Crippen molar-refractivity contribution in [2.24, 2.45) is 0 Å². The smallest absolute Gasteiger partial charge is 0.251 e. The first-order valence-electron chi connectivity index (χ1n) is 8.95. The summed E-state index contributed by atoms with van der Waals surface area (Å²) in [7, 11) is -1.12. The molecule has 0 aliphatic carbocycles. The monoisotopic (exact) mass is 426 g/mol. The SMILES string of the molecule is C=Cc1c(/C(=C\C)C(=O)NCc2cnc(S(C)=O)s2)cnn1-c1ccc(C)cc1. The Morgan fingerprint density at radius 1 is 1.31 bits per heavy atom. The van der Waals surface area contributed by atoms with Gasteiger partial charge in [-0.05, 0) is 32.1 Å². The van der Waals surface area contributed by atoms with Crippen LogP contribution in [0.2, 0.25) is 0 Å². The zero-order valence-electron chi connectivity index (χ0n) is 16.5. The number of rotatable bonds is 7. The van der Waals surface area contributed by atoms with E-state index < -0.39 is 10.8 Å². The minimum atomic E-state index is -1.12. The van der Waals surface area contributed by atoms with Crippen molar-refractivity contribution in [2.45, 2.75) is 24.7 Å². The number of benzene rings is 1. The number of carbonyl (C=O) groups is 1. The molecule has 1 aromatic carbocycles. The molecule has 1 amide bonds. The predicted molar refractivity (Wildman–Crippen MR) is 118 cm³/mol. The molecule has 150 valence electrons. The van der Waals surface area contributed by atoms with Crippen LogP contribution in [-0.2, 0) is 22.1 Å². The molecule has 8 heteroatoms. The van der Waals surface area contributed by atoms with Crippen LogP contribution in [0, 0.1) is 6.92 Å². The minimum Gasteiger partial charge on any atom is -0.347 e. The lowest BCUT2D eigenvalue weighted by Gasteiger charge is -2.09. The molecule has 2 heterocycles. The van der Waals surface area contributed by atoms with Gasteiger partial charge >= 0.3 is 0 Å². The van der Waals surface area contributed by atoms with E-state index in [1.54, 1.807) is 35.5 Å². The Kier molecular flexibility index (Phi) is 6.56. The van der Waals surface area contributed by atoms with Gasteiger partial charge in [0, 0.05) is 28.5 Å². The van der Waals surface area contributed by atoms with Gasteiger partial charge in [0.05, 0.1) is 34.9 Å². The van der Waals surface area contributed by atoms with Crippen LogP contribution in [0.1, 0.15) is 28.6 Å². The Bertz CT molecular complexity index is 1090. The largest absolute Gasteiger partial charge is 0.347 e. The summed E-state index contributed by atoms with van der Waals surface area (Å²) in [5, 5.41) is 7.36. The van der Waals surface area contributed by atoms with Crippen molar-refractivity contribution in [2.75, 3.05) is 6.26 Å². The minimum absolute atomic E-state index is 0.216. The van der Waals surface area contributed by atoms with Gasteiger partial charge in [-0.1, -0.05) is 30.4 Å². The van der Waals surface area contributed by atoms with Gasteiger partial charge in [-0.3, -0.25) is 9.00 Å². The number of hydrogen-bond donors (Lipinski definition) is 1. The second-order valence-electron chi connectivity index (χ2n) is 6.33. The first kappa shape index (κ1) is 20.9. The molecule has 29 heavy (non-hydrogen) atoms. The molecular formula is C21H22N4O2S2. The van der Waals surface area contributed by atoms with Crippen molar-refractivity contribution in [3.05, 3.63) is 71.0 Å². The lowest BCUT2D eigenvalue weighted by molar-refractivity contribution is -0.115. The van der Waals surface area contributed by atoms with Gasteiger partial charge in [0.2, 0.25) is 0 Å². The normalized spacial score (nSPS) is 12.6. The van der Waals surface area contributed by atoms with Gasteiger partial charge in [0.25, 0.3) is 5.91 Å². The average Bonchev–Trinajstić information content (AvgIpc) is 3.35. The second-order valence-corrected chi connectivity index (χ2v) is 9.00. The number of nitrogens with one attached hydrogen (secondary N) is 1. The summed E-state index contributed by atoms with van der Waals surface area (Å²) in [4.78, 5) is 17.8. The van der Waals surface area contributed by atoms with Crippen LogP contribution in [-0.4, -0.2) is 31.1 Å². The molecular weight excluding hydrogens is 404 g/mol. The number of aryl methyl sites for hydroxylation is 1. The van der Waals surface area contributed by atoms with Gasteiger partial charge in [-0.25, -0.2) is 9.67 Å². The standard InChI is InChI=1S/C21H22N4O2S2/c1-5-17(20(26)22-11-16-12-23-21(28-16)29(4)27)18-13-24-25(19(18)6-2)15-9-7-14(3)8-10-15/h5-10,12-13H,2,11H2,1,3-4H3,(H,22,26)/b17-5+. The fraction of sp³-hybridized carbons (Fsp3) is 0.190. The molecule has 0 bridgehead atoms. The van der Waals surface area contributed by atoms with Crippen molar-refractivity contribution >= 4 is 39.7 Å². The highest BCUT2D eigenvalue weighted by atomic mass is 32.2. The van der Waals surface area contributed by atoms with Gasteiger partial charge in [0.1, 0.15) is 0 Å². The Morgan fingerprint density at radius 3 is 2.62 bits per heavy atom. The van der Waals surface area contributed by atoms with Gasteiger partial charge in [0.15, 0.2) is 4.34 Å². The lowest BCUT2D eigenvalue weighted by Crippen LogP contribution is -2.23. The highest BCUT2D eigenvalue weighted by Gasteiger charge is 2.19. The Hall–Kier alpha value is -2.84. The highest BCUT2D eigenvalue weighted by Crippen LogP contribution is 2.24. The zero-order valence-corrected chi connectivity index (χ0v) is 18.1. The highest BCUT2D eigenvalue weighted by molar-refractivity contribution is 7.86. The van der Waals surface area contributed by atoms with Gasteiger partial charge in [-0.2, -0.15) is 5.10 Å². The molecule has 0 saturated heterocycles. The van der Waals surface area contributed by atoms with Crippen molar-refractivity contribution < 1.29 is 9.00 Å². The molecule has 0 spiro atoms. The first-order chi connectivity index (χ1) is 13.9. The van der Waals surface area contributed by atoms with E-state index in [2.05, 4.69) is 22.0 Å². The summed E-state index contributed by atoms with van der Waals surface area (Å²) >= 11 is 1.33. The molecule has 0 aliphatic heterocycles. The molecule has 6 nitrogen and oxygen atoms in total. The maximum Gasteiger partial charge on any atom is 0.251 e. The van der Waals surface area contributed by atoms with Crippen LogP contribution in [0.25, 0.3) is 17.3 Å². The molecule has 2 aromatic heterocycles. The van der Waals surface area contributed by atoms with Crippen LogP contribution < -0.4 is 5.32 Å². The van der Waals surface area contributed by atoms with E-state index in [4.69, 9.17) is 0 Å². The number of thiazole rings is 1. The summed E-state index contributed by atoms with van der Waals surface area (Å²) in [5.74, 6) is -0.216. The van der Waals surface area contributed by atoms with Crippen LogP contribution in [0.15, 0.2) is 53.7 Å². The summed E-state index contributed by atoms with van der Waals surface area (Å²) in [6.45, 7) is 8.06. The maximum atomic E-state index is 12.8. The third-order valence-corrected chi connectivity index (χ3v) is 6.65. The molecule has 1 atom stereocenters. The van der Waals surface area contributed by atoms with E-state index in [1.165, 1.54) is 11.3 Å². The Balaban J connectivity index is 1.82. The van der Waals surface area contributed by atoms with E-state index in [0.29, 0.717) is 22.0 Å². The number of allylic oxidation sites excluding steroid dienone is 1. The molecule has 3 aromatic rings. The number of amides is 1. The van der Waals surface area contributed by atoms with Gasteiger partial charge in [-0.15, -0.1) is 11.3 Å². The molecule has 0 radical (unpaired) electrons. The van der Waals surface area contributed by atoms with E-state index >= 15 is 0 Å². The summed E-state index contributed by atoms with van der Waals surface area (Å²) in [6.07, 6.45) is 8.36. The predicted octanol–water partition coefficient (Wildman–Crippen LogP) is 3.74. The first-order valence-corrected chi connectivity index (χ1v) is 11.3. The van der Waals surface area contributed by atoms with Crippen LogP contribution in [0.5, 0.6) is 0 Å². The van der Waals surface area contributed by atoms with Crippen molar-refractivity contribution in [3.63, 3.8) is 0 Å². The van der Waals surface area contributed by atoms with Gasteiger partial charge < -0.3 is 5.32 Å². The number of carbonyl (C=O) groups excluding carboxylic acids is 1. The lowest BCUT2D eigenvalue weighted by atomic mass is 10.1. The zero-order chi connectivity index (χ0) is 21.0. The fourth-order valence-corrected chi connectivity index (χ4v) is 4.40. The molecule has 0 fully saturated rings. The number of nitrogens with zero attached hydrogens (tertiary/aromatic N) is 3. The summed E-state index contributed by atoms with van der Waals surface area (Å²) < 4.78 is 13.8. The number of hydrogen-bond acceptors (Lipinski definition) is 5. The van der Waals surface area contributed by atoms with Crippen molar-refractivity contribution in [3.8, 4) is 5.69 Å². The quantitative estimate of drug-likeness (QED) is 0.584. The van der Waals surface area contributed by atoms with Crippen molar-refractivity contribution in [1.82, 2.24) is 20.1 Å². The molecule has 0 saturated carbocycles. The maximum absolute atomic E-state index is 12.8. The van der Waals surface area contributed by atoms with Crippen molar-refractivity contribution in [1.29, 1.82) is 0 Å². The molecule has 1 N–H and O–H groups in total. The molecule has 3 rings (SSSR count). The average molecular weight is 427 g/mol. The van der Waals surface area contributed by atoms with E-state index in [0.717, 1.165) is 21.8 Å². The fourth-order valence-electron chi connectivity index (χ4n) is 2.83. The number of aromatic nitrogens is 3.